The second-order valence-electron chi connectivity index (χ2n) is 4.33. The average molecular weight is 286 g/mol. The summed E-state index contributed by atoms with van der Waals surface area (Å²) < 4.78 is 2.51. The van der Waals surface area contributed by atoms with E-state index in [2.05, 4.69) is 26.3 Å². The Hall–Kier alpha value is -0.840. The molecule has 5 heteroatoms. The zero-order valence-corrected chi connectivity index (χ0v) is 11.2. The van der Waals surface area contributed by atoms with E-state index >= 15 is 0 Å². The van der Waals surface area contributed by atoms with Crippen molar-refractivity contribution < 1.29 is 4.79 Å². The minimum absolute atomic E-state index is 0.0672. The largest absolute Gasteiger partial charge is 0.348 e. The predicted octanol–water partition coefficient (Wildman–Crippen LogP) is 2.16. The highest BCUT2D eigenvalue weighted by Crippen LogP contribution is 2.22. The number of carbonyl (C=O) groups excluding carboxylic acids is 1. The molecule has 0 saturated heterocycles. The lowest BCUT2D eigenvalue weighted by Gasteiger charge is -2.10. The number of carbonyl (C=O) groups is 1. The summed E-state index contributed by atoms with van der Waals surface area (Å²) in [6.45, 7) is 1.93. The van der Waals surface area contributed by atoms with Gasteiger partial charge in [0.15, 0.2) is 5.69 Å². The van der Waals surface area contributed by atoms with Crippen molar-refractivity contribution in [3.8, 4) is 0 Å². The van der Waals surface area contributed by atoms with E-state index in [-0.39, 0.29) is 5.91 Å². The Labute approximate surface area is 104 Å². The van der Waals surface area contributed by atoms with Crippen molar-refractivity contribution >= 4 is 21.8 Å². The second-order valence-corrected chi connectivity index (χ2v) is 5.12. The highest BCUT2D eigenvalue weighted by atomic mass is 79.9. The quantitative estimate of drug-likeness (QED) is 0.905. The van der Waals surface area contributed by atoms with Crippen LogP contribution in [0.1, 0.15) is 41.9 Å². The summed E-state index contributed by atoms with van der Waals surface area (Å²) in [7, 11) is 1.84. The molecule has 1 fully saturated rings. The summed E-state index contributed by atoms with van der Waals surface area (Å²) in [5.74, 6) is -0.0672. The van der Waals surface area contributed by atoms with Gasteiger partial charge in [0.25, 0.3) is 5.91 Å². The van der Waals surface area contributed by atoms with E-state index in [1.165, 1.54) is 12.8 Å². The zero-order valence-electron chi connectivity index (χ0n) is 9.59. The number of amides is 1. The van der Waals surface area contributed by atoms with Gasteiger partial charge in [-0.05, 0) is 35.7 Å². The third-order valence-electron chi connectivity index (χ3n) is 3.17. The van der Waals surface area contributed by atoms with E-state index in [1.54, 1.807) is 4.68 Å². The molecule has 88 valence electrons. The van der Waals surface area contributed by atoms with Crippen LogP contribution in [0.25, 0.3) is 0 Å². The van der Waals surface area contributed by atoms with Gasteiger partial charge in [0.2, 0.25) is 0 Å². The Morgan fingerprint density at radius 3 is 2.62 bits per heavy atom. The van der Waals surface area contributed by atoms with E-state index in [1.807, 2.05) is 14.0 Å². The molecule has 0 radical (unpaired) electrons. The van der Waals surface area contributed by atoms with E-state index < -0.39 is 0 Å². The van der Waals surface area contributed by atoms with E-state index in [9.17, 15) is 4.79 Å². The fourth-order valence-electron chi connectivity index (χ4n) is 2.05. The fourth-order valence-corrected chi connectivity index (χ4v) is 2.57. The van der Waals surface area contributed by atoms with Crippen LogP contribution in [0.4, 0.5) is 0 Å². The first-order valence-electron chi connectivity index (χ1n) is 5.59. The smallest absolute Gasteiger partial charge is 0.273 e. The molecule has 1 aliphatic carbocycles. The number of hydrogen-bond donors (Lipinski definition) is 1. The maximum atomic E-state index is 12.0. The van der Waals surface area contributed by atoms with Crippen molar-refractivity contribution in [3.05, 3.63) is 15.9 Å². The topological polar surface area (TPSA) is 46.9 Å². The van der Waals surface area contributed by atoms with Gasteiger partial charge < -0.3 is 5.32 Å². The van der Waals surface area contributed by atoms with Crippen LogP contribution in [0.2, 0.25) is 0 Å². The first kappa shape index (κ1) is 11.6. The van der Waals surface area contributed by atoms with Crippen molar-refractivity contribution in [2.75, 3.05) is 0 Å². The Morgan fingerprint density at radius 1 is 1.50 bits per heavy atom. The van der Waals surface area contributed by atoms with Gasteiger partial charge in [-0.15, -0.1) is 0 Å². The van der Waals surface area contributed by atoms with E-state index in [0.717, 1.165) is 23.0 Å². The zero-order chi connectivity index (χ0) is 11.7. The molecule has 0 unspecified atom stereocenters. The molecule has 4 nitrogen and oxygen atoms in total. The Kier molecular flexibility index (Phi) is 3.33. The van der Waals surface area contributed by atoms with Gasteiger partial charge in [-0.25, -0.2) is 0 Å². The third-order valence-corrected chi connectivity index (χ3v) is 4.12. The molecule has 1 aliphatic rings. The predicted molar refractivity (Wildman–Crippen MR) is 65.4 cm³/mol. The maximum Gasteiger partial charge on any atom is 0.273 e. The van der Waals surface area contributed by atoms with Crippen LogP contribution < -0.4 is 5.32 Å². The summed E-state index contributed by atoms with van der Waals surface area (Å²) in [5.41, 5.74) is 1.46. The maximum absolute atomic E-state index is 12.0. The van der Waals surface area contributed by atoms with Gasteiger partial charge in [-0.1, -0.05) is 12.8 Å². The molecule has 1 amide bonds. The number of aromatic nitrogens is 2. The van der Waals surface area contributed by atoms with E-state index in [4.69, 9.17) is 0 Å². The average Bonchev–Trinajstić information content (AvgIpc) is 2.83. The van der Waals surface area contributed by atoms with E-state index in [0.29, 0.717) is 11.7 Å². The Bertz CT molecular complexity index is 408. The number of nitrogens with one attached hydrogen (secondary N) is 1. The summed E-state index contributed by atoms with van der Waals surface area (Å²) in [6, 6.07) is 0.335. The van der Waals surface area contributed by atoms with Crippen molar-refractivity contribution in [2.45, 2.75) is 38.6 Å². The fraction of sp³-hybridized carbons (Fsp3) is 0.636. The lowest BCUT2D eigenvalue weighted by molar-refractivity contribution is 0.0931. The molecule has 1 aromatic heterocycles. The molecule has 1 aromatic rings. The lowest BCUT2D eigenvalue weighted by Crippen LogP contribution is -2.33. The van der Waals surface area contributed by atoms with Crippen molar-refractivity contribution in [2.24, 2.45) is 7.05 Å². The Morgan fingerprint density at radius 2 is 2.12 bits per heavy atom. The van der Waals surface area contributed by atoms with Crippen molar-refractivity contribution in [1.29, 1.82) is 0 Å². The van der Waals surface area contributed by atoms with Crippen LogP contribution in [-0.2, 0) is 7.05 Å². The van der Waals surface area contributed by atoms with Gasteiger partial charge in [0, 0.05) is 13.1 Å². The first-order chi connectivity index (χ1) is 7.59. The minimum atomic E-state index is -0.0672. The molecule has 2 rings (SSSR count). The van der Waals surface area contributed by atoms with Crippen LogP contribution in [0.3, 0.4) is 0 Å². The third kappa shape index (κ3) is 2.14. The lowest BCUT2D eigenvalue weighted by atomic mass is 10.2. The molecule has 1 saturated carbocycles. The van der Waals surface area contributed by atoms with Gasteiger partial charge >= 0.3 is 0 Å². The van der Waals surface area contributed by atoms with Gasteiger partial charge in [-0.2, -0.15) is 5.10 Å². The Balaban J connectivity index is 2.11. The highest BCUT2D eigenvalue weighted by molar-refractivity contribution is 9.10. The van der Waals surface area contributed by atoms with Crippen molar-refractivity contribution in [3.63, 3.8) is 0 Å². The molecule has 0 aliphatic heterocycles. The van der Waals surface area contributed by atoms with Crippen molar-refractivity contribution in [1.82, 2.24) is 15.1 Å². The van der Waals surface area contributed by atoms with Crippen LogP contribution in [0, 0.1) is 6.92 Å². The second kappa shape index (κ2) is 4.57. The van der Waals surface area contributed by atoms with Crippen LogP contribution in [0.15, 0.2) is 4.47 Å². The molecule has 16 heavy (non-hydrogen) atoms. The monoisotopic (exact) mass is 285 g/mol. The summed E-state index contributed by atoms with van der Waals surface area (Å²) in [5, 5.41) is 7.24. The van der Waals surface area contributed by atoms with Crippen LogP contribution >= 0.6 is 15.9 Å². The summed E-state index contributed by atoms with van der Waals surface area (Å²) in [4.78, 5) is 12.0. The molecule has 0 bridgehead atoms. The molecule has 1 N–H and O–H groups in total. The molecule has 0 aromatic carbocycles. The highest BCUT2D eigenvalue weighted by Gasteiger charge is 2.22. The molecule has 1 heterocycles. The van der Waals surface area contributed by atoms with Gasteiger partial charge in [0.1, 0.15) is 0 Å². The summed E-state index contributed by atoms with van der Waals surface area (Å²) in [6.07, 6.45) is 4.62. The summed E-state index contributed by atoms with van der Waals surface area (Å²) >= 11 is 3.41. The van der Waals surface area contributed by atoms with Gasteiger partial charge in [-0.3, -0.25) is 9.48 Å². The number of halogens is 1. The SMILES string of the molecule is Cc1c(Br)c(C(=O)NC2CCCC2)nn1C. The number of aryl methyl sites for hydroxylation is 1. The molecule has 0 atom stereocenters. The molecule has 0 spiro atoms. The standard InChI is InChI=1S/C11H16BrN3O/c1-7-9(12)10(14-15(7)2)11(16)13-8-5-3-4-6-8/h8H,3-6H2,1-2H3,(H,13,16). The number of nitrogens with zero attached hydrogens (tertiary/aromatic N) is 2. The first-order valence-corrected chi connectivity index (χ1v) is 6.39. The number of rotatable bonds is 2. The van der Waals surface area contributed by atoms with Crippen LogP contribution in [-0.4, -0.2) is 21.7 Å². The minimum Gasteiger partial charge on any atom is -0.348 e. The van der Waals surface area contributed by atoms with Gasteiger partial charge in [0.05, 0.1) is 10.2 Å². The number of hydrogen-bond acceptors (Lipinski definition) is 2. The normalized spacial score (nSPS) is 16.7. The molecular weight excluding hydrogens is 270 g/mol. The van der Waals surface area contributed by atoms with Crippen LogP contribution in [0.5, 0.6) is 0 Å². The molecular formula is C11H16BrN3O.